The van der Waals surface area contributed by atoms with Crippen LogP contribution in [0.15, 0.2) is 36.8 Å². The number of ether oxygens (including phenoxy) is 1. The van der Waals surface area contributed by atoms with Crippen LogP contribution in [0.2, 0.25) is 0 Å². The highest BCUT2D eigenvalue weighted by Crippen LogP contribution is 2.39. The van der Waals surface area contributed by atoms with Crippen molar-refractivity contribution in [1.82, 2.24) is 9.55 Å². The van der Waals surface area contributed by atoms with Gasteiger partial charge < -0.3 is 9.30 Å². The summed E-state index contributed by atoms with van der Waals surface area (Å²) in [7, 11) is 0. The summed E-state index contributed by atoms with van der Waals surface area (Å²) in [6.07, 6.45) is -2.31. The fraction of sp³-hybridized carbons (Fsp3) is 0.333. The summed E-state index contributed by atoms with van der Waals surface area (Å²) in [4.78, 5) is 15.5. The predicted octanol–water partition coefficient (Wildman–Crippen LogP) is 2.05. The molecule has 9 heteroatoms. The van der Waals surface area contributed by atoms with Gasteiger partial charge >= 0.3 is 12.1 Å². The molecule has 2 aromatic rings. The minimum Gasteiger partial charge on any atom is -0.459 e. The predicted molar refractivity (Wildman–Crippen MR) is 74.5 cm³/mol. The Kier molecular flexibility index (Phi) is 4.29. The maximum absolute atomic E-state index is 12.8. The fourth-order valence-electron chi connectivity index (χ4n) is 2.60. The first-order chi connectivity index (χ1) is 11.4. The zero-order valence-electron chi connectivity index (χ0n) is 12.4. The molecule has 6 nitrogen and oxygen atoms in total. The summed E-state index contributed by atoms with van der Waals surface area (Å²) in [5, 5.41) is 8.83. The van der Waals surface area contributed by atoms with Crippen molar-refractivity contribution in [2.75, 3.05) is 0 Å². The summed E-state index contributed by atoms with van der Waals surface area (Å²) in [6.45, 7) is 0. The molecule has 0 spiro atoms. The lowest BCUT2D eigenvalue weighted by atomic mass is 9.88. The molecule has 1 aliphatic rings. The Morgan fingerprint density at radius 1 is 1.29 bits per heavy atom. The molecule has 1 aliphatic carbocycles. The van der Waals surface area contributed by atoms with E-state index >= 15 is 0 Å². The lowest BCUT2D eigenvalue weighted by Gasteiger charge is -2.36. The first-order valence-corrected chi connectivity index (χ1v) is 7.26. The summed E-state index contributed by atoms with van der Waals surface area (Å²) in [5.74, 6) is -0.537. The third-order valence-electron chi connectivity index (χ3n) is 3.99. The fourth-order valence-corrected chi connectivity index (χ4v) is 2.60. The third-order valence-corrected chi connectivity index (χ3v) is 3.99. The number of rotatable bonds is 4. The van der Waals surface area contributed by atoms with E-state index in [9.17, 15) is 18.0 Å². The van der Waals surface area contributed by atoms with E-state index < -0.39 is 23.9 Å². The molecule has 3 rings (SSSR count). The second-order valence-corrected chi connectivity index (χ2v) is 5.59. The van der Waals surface area contributed by atoms with Crippen molar-refractivity contribution >= 4 is 11.7 Å². The third kappa shape index (κ3) is 3.26. The number of carbonyl (C=O) groups excluding carboxylic acids is 1. The second-order valence-electron chi connectivity index (χ2n) is 5.59. The molecule has 128 valence electrons. The van der Waals surface area contributed by atoms with Gasteiger partial charge in [0.25, 0.3) is 0 Å². The van der Waals surface area contributed by atoms with Crippen LogP contribution in [0.3, 0.4) is 0 Å². The van der Waals surface area contributed by atoms with Gasteiger partial charge in [-0.25, -0.2) is 15.0 Å². The molecule has 0 amide bonds. The molecule has 0 atom stereocenters. The van der Waals surface area contributed by atoms with Crippen LogP contribution in [0.4, 0.5) is 18.9 Å². The molecule has 1 saturated carbocycles. The molecule has 0 radical (unpaired) electrons. The number of hydrogen-bond acceptors (Lipinski definition) is 4. The van der Waals surface area contributed by atoms with E-state index in [1.807, 2.05) is 0 Å². The number of aromatic nitrogens is 2. The van der Waals surface area contributed by atoms with E-state index in [1.54, 1.807) is 12.1 Å². The van der Waals surface area contributed by atoms with E-state index in [4.69, 9.17) is 9.94 Å². The van der Waals surface area contributed by atoms with Gasteiger partial charge in [0.1, 0.15) is 11.8 Å². The van der Waals surface area contributed by atoms with Gasteiger partial charge in [0.2, 0.25) is 0 Å². The SMILES string of the molecule is O=C(OC1CC(n2cncc2C(F)(F)F)C1)c1ccc([NH2+]O)cc1. The van der Waals surface area contributed by atoms with Crippen LogP contribution in [-0.2, 0) is 10.9 Å². The zero-order valence-corrected chi connectivity index (χ0v) is 12.4. The second kappa shape index (κ2) is 6.25. The Bertz CT molecular complexity index is 722. The summed E-state index contributed by atoms with van der Waals surface area (Å²) < 4.78 is 44.8. The number of nitrogens with two attached hydrogens (primary N) is 1. The average molecular weight is 342 g/mol. The molecule has 1 fully saturated rings. The van der Waals surface area contributed by atoms with E-state index in [0.29, 0.717) is 24.1 Å². The van der Waals surface area contributed by atoms with Crippen LogP contribution in [0, 0.1) is 0 Å². The van der Waals surface area contributed by atoms with Crippen LogP contribution >= 0.6 is 0 Å². The Labute approximate surface area is 134 Å². The zero-order chi connectivity index (χ0) is 17.3. The first-order valence-electron chi connectivity index (χ1n) is 7.26. The maximum Gasteiger partial charge on any atom is 0.433 e. The smallest absolute Gasteiger partial charge is 0.433 e. The maximum atomic E-state index is 12.8. The topological polar surface area (TPSA) is 81.0 Å². The molecule has 0 aliphatic heterocycles. The largest absolute Gasteiger partial charge is 0.459 e. The number of imidazole rings is 1. The van der Waals surface area contributed by atoms with Crippen LogP contribution in [-0.4, -0.2) is 26.8 Å². The molecule has 1 heterocycles. The highest BCUT2D eigenvalue weighted by Gasteiger charge is 2.40. The van der Waals surface area contributed by atoms with Crippen molar-refractivity contribution in [2.45, 2.75) is 31.2 Å². The van der Waals surface area contributed by atoms with E-state index in [1.165, 1.54) is 12.1 Å². The Hall–Kier alpha value is -2.39. The van der Waals surface area contributed by atoms with Crippen molar-refractivity contribution in [2.24, 2.45) is 0 Å². The van der Waals surface area contributed by atoms with Gasteiger partial charge in [-0.1, -0.05) is 0 Å². The van der Waals surface area contributed by atoms with Crippen molar-refractivity contribution in [3.05, 3.63) is 48.0 Å². The summed E-state index contributed by atoms with van der Waals surface area (Å²) in [5.41, 5.74) is 0.987. The number of quaternary nitrogens is 1. The van der Waals surface area contributed by atoms with Crippen LogP contribution in [0.25, 0.3) is 0 Å². The lowest BCUT2D eigenvalue weighted by Crippen LogP contribution is -2.73. The molecule has 1 aromatic carbocycles. The molecule has 0 bridgehead atoms. The standard InChI is InChI=1S/C15H14F3N3O3/c16-15(17,18)13-7-19-8-21(13)11-5-12(6-11)24-14(22)9-1-3-10(20-23)4-2-9/h1-4,7-8,11-12,20,23H,5-6H2/p+1. The van der Waals surface area contributed by atoms with Crippen LogP contribution < -0.4 is 5.48 Å². The first kappa shape index (κ1) is 16.5. The molecular weight excluding hydrogens is 327 g/mol. The molecule has 3 N–H and O–H groups in total. The van der Waals surface area contributed by atoms with Crippen molar-refractivity contribution < 1.29 is 33.4 Å². The Morgan fingerprint density at radius 3 is 2.54 bits per heavy atom. The Morgan fingerprint density at radius 2 is 1.96 bits per heavy atom. The van der Waals surface area contributed by atoms with Gasteiger partial charge in [-0.05, 0) is 12.1 Å². The lowest BCUT2D eigenvalue weighted by molar-refractivity contribution is -0.825. The van der Waals surface area contributed by atoms with Crippen LogP contribution in [0.5, 0.6) is 0 Å². The van der Waals surface area contributed by atoms with E-state index in [-0.39, 0.29) is 6.04 Å². The minimum atomic E-state index is -4.45. The van der Waals surface area contributed by atoms with Gasteiger partial charge in [0.15, 0.2) is 5.69 Å². The number of halogens is 3. The van der Waals surface area contributed by atoms with Crippen molar-refractivity contribution in [1.29, 1.82) is 0 Å². The summed E-state index contributed by atoms with van der Waals surface area (Å²) in [6, 6.07) is 5.76. The molecule has 0 saturated heterocycles. The molecule has 0 unspecified atom stereocenters. The highest BCUT2D eigenvalue weighted by molar-refractivity contribution is 5.89. The van der Waals surface area contributed by atoms with Crippen molar-refractivity contribution in [3.63, 3.8) is 0 Å². The van der Waals surface area contributed by atoms with Crippen LogP contribution in [0.1, 0.15) is 34.9 Å². The highest BCUT2D eigenvalue weighted by atomic mass is 19.4. The normalized spacial score (nSPS) is 20.5. The van der Waals surface area contributed by atoms with Gasteiger partial charge in [-0.2, -0.15) is 18.7 Å². The number of hydrogen-bond donors (Lipinski definition) is 2. The number of carbonyl (C=O) groups is 1. The Balaban J connectivity index is 1.57. The quantitative estimate of drug-likeness (QED) is 0.506. The molecule has 1 aromatic heterocycles. The molecule has 24 heavy (non-hydrogen) atoms. The number of benzene rings is 1. The van der Waals surface area contributed by atoms with Gasteiger partial charge in [-0.3, -0.25) is 0 Å². The van der Waals surface area contributed by atoms with E-state index in [2.05, 4.69) is 4.98 Å². The van der Waals surface area contributed by atoms with Crippen molar-refractivity contribution in [3.8, 4) is 0 Å². The van der Waals surface area contributed by atoms with Gasteiger partial charge in [0, 0.05) is 31.0 Å². The number of alkyl halides is 3. The van der Waals surface area contributed by atoms with Gasteiger partial charge in [0.05, 0.1) is 18.1 Å². The van der Waals surface area contributed by atoms with E-state index in [0.717, 1.165) is 22.6 Å². The molecular formula is C15H15F3N3O3+. The average Bonchev–Trinajstić information content (AvgIpc) is 2.99. The monoisotopic (exact) mass is 342 g/mol. The minimum absolute atomic E-state index is 0.313. The number of esters is 1. The number of nitrogens with zero attached hydrogens (tertiary/aromatic N) is 2. The summed E-state index contributed by atoms with van der Waals surface area (Å²) >= 11 is 0. The van der Waals surface area contributed by atoms with Gasteiger partial charge in [-0.15, -0.1) is 0 Å².